The predicted octanol–water partition coefficient (Wildman–Crippen LogP) is 1.01. The maximum Gasteiger partial charge on any atom is 0.337 e. The van der Waals surface area contributed by atoms with Gasteiger partial charge in [0.05, 0.1) is 11.3 Å². The number of aromatic carboxylic acids is 1. The molecular formula is C10H12N2O2. The molecule has 0 radical (unpaired) electrons. The largest absolute Gasteiger partial charge is 0.478 e. The van der Waals surface area contributed by atoms with Gasteiger partial charge in [0, 0.05) is 12.7 Å². The quantitative estimate of drug-likeness (QED) is 0.747. The number of hydrogen-bond donors (Lipinski definition) is 2. The maximum atomic E-state index is 10.8. The van der Waals surface area contributed by atoms with Crippen LogP contribution < -0.4 is 5.32 Å². The van der Waals surface area contributed by atoms with E-state index in [9.17, 15) is 4.79 Å². The number of nitrogens with zero attached hydrogens (tertiary/aromatic N) is 1. The number of aromatic nitrogens is 1. The van der Waals surface area contributed by atoms with Crippen LogP contribution in [-0.4, -0.2) is 29.7 Å². The van der Waals surface area contributed by atoms with Gasteiger partial charge in [-0.05, 0) is 25.3 Å². The summed E-state index contributed by atoms with van der Waals surface area (Å²) in [4.78, 5) is 14.7. The second-order valence-electron chi connectivity index (χ2n) is 2.70. The number of carboxylic acid groups (broad SMARTS) is 1. The third kappa shape index (κ3) is 2.67. The molecule has 0 unspecified atom stereocenters. The number of likely N-dealkylation sites (N-methyl/N-ethyl adjacent to an activating group) is 1. The van der Waals surface area contributed by atoms with E-state index in [-0.39, 0.29) is 5.56 Å². The Kier molecular flexibility index (Phi) is 3.82. The summed E-state index contributed by atoms with van der Waals surface area (Å²) in [6, 6.07) is 3.15. The highest BCUT2D eigenvalue weighted by Gasteiger charge is 2.06. The van der Waals surface area contributed by atoms with E-state index in [0.717, 1.165) is 0 Å². The minimum Gasteiger partial charge on any atom is -0.478 e. The molecule has 0 aromatic carbocycles. The van der Waals surface area contributed by atoms with Crippen molar-refractivity contribution in [2.75, 3.05) is 13.6 Å². The number of nitrogens with one attached hydrogen (secondary N) is 1. The number of hydrogen-bond acceptors (Lipinski definition) is 3. The van der Waals surface area contributed by atoms with Gasteiger partial charge in [0.1, 0.15) is 0 Å². The second kappa shape index (κ2) is 5.14. The van der Waals surface area contributed by atoms with E-state index < -0.39 is 5.97 Å². The van der Waals surface area contributed by atoms with Crippen molar-refractivity contribution in [1.82, 2.24) is 10.3 Å². The Hall–Kier alpha value is -1.68. The molecule has 0 fully saturated rings. The van der Waals surface area contributed by atoms with Crippen LogP contribution in [0.25, 0.3) is 6.08 Å². The smallest absolute Gasteiger partial charge is 0.337 e. The molecule has 1 aromatic heterocycles. The molecule has 0 aliphatic heterocycles. The highest BCUT2D eigenvalue weighted by atomic mass is 16.4. The van der Waals surface area contributed by atoms with Crippen molar-refractivity contribution in [3.05, 3.63) is 35.7 Å². The first kappa shape index (κ1) is 10.4. The number of pyridine rings is 1. The molecule has 1 rings (SSSR count). The lowest BCUT2D eigenvalue weighted by atomic mass is 10.2. The minimum atomic E-state index is -0.956. The average molecular weight is 192 g/mol. The van der Waals surface area contributed by atoms with Crippen LogP contribution in [-0.2, 0) is 0 Å². The van der Waals surface area contributed by atoms with Gasteiger partial charge in [0.15, 0.2) is 0 Å². The van der Waals surface area contributed by atoms with Crippen molar-refractivity contribution < 1.29 is 9.90 Å². The summed E-state index contributed by atoms with van der Waals surface area (Å²) in [5, 5.41) is 11.8. The first-order valence-electron chi connectivity index (χ1n) is 4.25. The van der Waals surface area contributed by atoms with E-state index in [1.807, 2.05) is 13.1 Å². The summed E-state index contributed by atoms with van der Waals surface area (Å²) >= 11 is 0. The van der Waals surface area contributed by atoms with Crippen LogP contribution in [0.5, 0.6) is 0 Å². The van der Waals surface area contributed by atoms with Crippen LogP contribution in [0.3, 0.4) is 0 Å². The molecule has 0 aliphatic carbocycles. The van der Waals surface area contributed by atoms with Crippen molar-refractivity contribution >= 4 is 12.0 Å². The average Bonchev–Trinajstić information content (AvgIpc) is 2.19. The summed E-state index contributed by atoms with van der Waals surface area (Å²) < 4.78 is 0. The fraction of sp³-hybridized carbons (Fsp3) is 0.200. The molecule has 2 N–H and O–H groups in total. The molecule has 0 atom stereocenters. The zero-order valence-electron chi connectivity index (χ0n) is 7.90. The van der Waals surface area contributed by atoms with E-state index in [2.05, 4.69) is 10.3 Å². The Balaban J connectivity index is 2.90. The molecule has 1 heterocycles. The Bertz CT molecular complexity index is 348. The Labute approximate surface area is 82.3 Å². The van der Waals surface area contributed by atoms with Gasteiger partial charge in [-0.3, -0.25) is 4.98 Å². The molecule has 1 aromatic rings. The lowest BCUT2D eigenvalue weighted by molar-refractivity contribution is 0.0696. The predicted molar refractivity (Wildman–Crippen MR) is 54.2 cm³/mol. The summed E-state index contributed by atoms with van der Waals surface area (Å²) in [6.07, 6.45) is 5.10. The first-order chi connectivity index (χ1) is 6.75. The van der Waals surface area contributed by atoms with Gasteiger partial charge < -0.3 is 10.4 Å². The molecule has 4 nitrogen and oxygen atoms in total. The van der Waals surface area contributed by atoms with E-state index >= 15 is 0 Å². The van der Waals surface area contributed by atoms with Crippen molar-refractivity contribution in [3.8, 4) is 0 Å². The molecule has 14 heavy (non-hydrogen) atoms. The molecule has 0 bridgehead atoms. The fourth-order valence-electron chi connectivity index (χ4n) is 1.02. The minimum absolute atomic E-state index is 0.222. The molecule has 0 saturated heterocycles. The molecule has 4 heteroatoms. The molecule has 0 saturated carbocycles. The van der Waals surface area contributed by atoms with E-state index in [1.54, 1.807) is 18.3 Å². The van der Waals surface area contributed by atoms with Crippen LogP contribution in [0, 0.1) is 0 Å². The van der Waals surface area contributed by atoms with Crippen molar-refractivity contribution in [1.29, 1.82) is 0 Å². The van der Waals surface area contributed by atoms with Crippen LogP contribution in [0.1, 0.15) is 16.1 Å². The molecule has 0 spiro atoms. The first-order valence-corrected chi connectivity index (χ1v) is 4.25. The molecular weight excluding hydrogens is 180 g/mol. The summed E-state index contributed by atoms with van der Waals surface area (Å²) in [5.41, 5.74) is 0.704. The van der Waals surface area contributed by atoms with Gasteiger partial charge >= 0.3 is 5.97 Å². The lowest BCUT2D eigenvalue weighted by Gasteiger charge is -1.98. The van der Waals surface area contributed by atoms with E-state index in [0.29, 0.717) is 12.2 Å². The van der Waals surface area contributed by atoms with E-state index in [4.69, 9.17) is 5.11 Å². The van der Waals surface area contributed by atoms with Crippen molar-refractivity contribution in [2.45, 2.75) is 0 Å². The zero-order chi connectivity index (χ0) is 10.4. The van der Waals surface area contributed by atoms with Gasteiger partial charge in [-0.15, -0.1) is 0 Å². The van der Waals surface area contributed by atoms with Gasteiger partial charge in [-0.1, -0.05) is 6.08 Å². The normalized spacial score (nSPS) is 10.6. The third-order valence-corrected chi connectivity index (χ3v) is 1.67. The van der Waals surface area contributed by atoms with Crippen LogP contribution in [0.15, 0.2) is 24.4 Å². The molecule has 0 amide bonds. The van der Waals surface area contributed by atoms with Crippen LogP contribution in [0.4, 0.5) is 0 Å². The van der Waals surface area contributed by atoms with Crippen LogP contribution >= 0.6 is 0 Å². The Morgan fingerprint density at radius 1 is 1.71 bits per heavy atom. The number of rotatable bonds is 4. The summed E-state index contributed by atoms with van der Waals surface area (Å²) in [6.45, 7) is 0.690. The topological polar surface area (TPSA) is 62.2 Å². The van der Waals surface area contributed by atoms with E-state index in [1.165, 1.54) is 6.07 Å². The summed E-state index contributed by atoms with van der Waals surface area (Å²) in [5.74, 6) is -0.956. The molecule has 74 valence electrons. The molecule has 0 aliphatic rings. The van der Waals surface area contributed by atoms with Gasteiger partial charge in [0.2, 0.25) is 0 Å². The highest BCUT2D eigenvalue weighted by molar-refractivity contribution is 5.91. The standard InChI is InChI=1S/C10H12N2O2/c1-11-6-3-5-9-8(10(13)14)4-2-7-12-9/h2-5,7,11H,6H2,1H3,(H,13,14). The number of carbonyl (C=O) groups is 1. The Morgan fingerprint density at radius 2 is 2.50 bits per heavy atom. The second-order valence-corrected chi connectivity index (χ2v) is 2.70. The van der Waals surface area contributed by atoms with Crippen molar-refractivity contribution in [2.24, 2.45) is 0 Å². The van der Waals surface area contributed by atoms with Gasteiger partial charge in [-0.2, -0.15) is 0 Å². The lowest BCUT2D eigenvalue weighted by Crippen LogP contribution is -2.05. The van der Waals surface area contributed by atoms with Gasteiger partial charge in [0.25, 0.3) is 0 Å². The third-order valence-electron chi connectivity index (χ3n) is 1.67. The Morgan fingerprint density at radius 3 is 3.14 bits per heavy atom. The maximum absolute atomic E-state index is 10.8. The van der Waals surface area contributed by atoms with Gasteiger partial charge in [-0.25, -0.2) is 4.79 Å². The van der Waals surface area contributed by atoms with Crippen molar-refractivity contribution in [3.63, 3.8) is 0 Å². The SMILES string of the molecule is CNCC=Cc1ncccc1C(=O)O. The fourth-order valence-corrected chi connectivity index (χ4v) is 1.02. The zero-order valence-corrected chi connectivity index (χ0v) is 7.90. The number of carboxylic acids is 1. The highest BCUT2D eigenvalue weighted by Crippen LogP contribution is 2.06. The summed E-state index contributed by atoms with van der Waals surface area (Å²) in [7, 11) is 1.82. The monoisotopic (exact) mass is 192 g/mol. The van der Waals surface area contributed by atoms with Crippen LogP contribution in [0.2, 0.25) is 0 Å².